The largest absolute Gasteiger partial charge is 0.294 e. The lowest BCUT2D eigenvalue weighted by Gasteiger charge is -2.33. The minimum absolute atomic E-state index is 0.0506. The van der Waals surface area contributed by atoms with Gasteiger partial charge in [-0.3, -0.25) is 14.1 Å². The molecule has 2 aliphatic rings. The van der Waals surface area contributed by atoms with Crippen LogP contribution in [0.3, 0.4) is 0 Å². The van der Waals surface area contributed by atoms with Gasteiger partial charge in [0.2, 0.25) is 0 Å². The highest BCUT2D eigenvalue weighted by atomic mass is 32.1. The van der Waals surface area contributed by atoms with E-state index in [9.17, 15) is 4.79 Å². The van der Waals surface area contributed by atoms with E-state index < -0.39 is 0 Å². The molecule has 4 nitrogen and oxygen atoms in total. The molecule has 0 amide bonds. The van der Waals surface area contributed by atoms with Crippen LogP contribution >= 0.6 is 11.3 Å². The van der Waals surface area contributed by atoms with Crippen LogP contribution in [0.15, 0.2) is 22.4 Å². The molecule has 2 aromatic rings. The zero-order chi connectivity index (χ0) is 14.9. The van der Waals surface area contributed by atoms with Crippen LogP contribution in [0, 0.1) is 5.92 Å². The van der Waals surface area contributed by atoms with Crippen LogP contribution < -0.4 is 5.56 Å². The topological polar surface area (TPSA) is 37.6 Å². The second-order valence-electron chi connectivity index (χ2n) is 6.72. The van der Waals surface area contributed by atoms with E-state index in [4.69, 9.17) is 0 Å². The summed E-state index contributed by atoms with van der Waals surface area (Å²) >= 11 is 1.54. The maximum absolute atomic E-state index is 12.1. The Kier molecular flexibility index (Phi) is 4.01. The number of thiazole rings is 1. The Labute approximate surface area is 134 Å². The van der Waals surface area contributed by atoms with Gasteiger partial charge in [0.15, 0.2) is 4.96 Å². The third-order valence-electron chi connectivity index (χ3n) is 5.33. The van der Waals surface area contributed by atoms with Crippen molar-refractivity contribution in [3.63, 3.8) is 0 Å². The monoisotopic (exact) mass is 317 g/mol. The van der Waals surface area contributed by atoms with E-state index in [1.54, 1.807) is 16.7 Å². The molecule has 1 unspecified atom stereocenters. The van der Waals surface area contributed by atoms with Gasteiger partial charge in [-0.1, -0.05) is 19.3 Å². The van der Waals surface area contributed by atoms with Crippen molar-refractivity contribution in [3.05, 3.63) is 33.7 Å². The van der Waals surface area contributed by atoms with Crippen molar-refractivity contribution in [2.45, 2.75) is 57.5 Å². The number of rotatable bonds is 3. The number of nitrogens with zero attached hydrogens (tertiary/aromatic N) is 3. The Morgan fingerprint density at radius 1 is 1.18 bits per heavy atom. The number of hydrogen-bond donors (Lipinski definition) is 0. The molecule has 1 atom stereocenters. The molecule has 3 heterocycles. The van der Waals surface area contributed by atoms with Gasteiger partial charge < -0.3 is 0 Å². The van der Waals surface area contributed by atoms with Gasteiger partial charge in [0.25, 0.3) is 5.56 Å². The van der Waals surface area contributed by atoms with Crippen molar-refractivity contribution in [1.29, 1.82) is 0 Å². The molecule has 0 aromatic carbocycles. The summed E-state index contributed by atoms with van der Waals surface area (Å²) in [6.45, 7) is 2.00. The average molecular weight is 317 g/mol. The fourth-order valence-corrected chi connectivity index (χ4v) is 5.02. The molecule has 22 heavy (non-hydrogen) atoms. The Balaban J connectivity index is 1.54. The maximum atomic E-state index is 12.1. The zero-order valence-corrected chi connectivity index (χ0v) is 13.7. The van der Waals surface area contributed by atoms with Gasteiger partial charge in [-0.25, -0.2) is 4.98 Å². The summed E-state index contributed by atoms with van der Waals surface area (Å²) in [7, 11) is 0. The first-order chi connectivity index (χ1) is 10.8. The quantitative estimate of drug-likeness (QED) is 0.871. The van der Waals surface area contributed by atoms with E-state index in [-0.39, 0.29) is 5.56 Å². The normalized spacial score (nSPS) is 24.3. The van der Waals surface area contributed by atoms with E-state index in [0.717, 1.165) is 29.7 Å². The number of hydrogen-bond acceptors (Lipinski definition) is 4. The van der Waals surface area contributed by atoms with Crippen molar-refractivity contribution in [3.8, 4) is 0 Å². The summed E-state index contributed by atoms with van der Waals surface area (Å²) in [5.41, 5.74) is 0.991. The van der Waals surface area contributed by atoms with Crippen molar-refractivity contribution < 1.29 is 0 Å². The van der Waals surface area contributed by atoms with Crippen LogP contribution in [0.1, 0.15) is 50.6 Å². The third kappa shape index (κ3) is 2.72. The molecule has 0 N–H and O–H groups in total. The minimum atomic E-state index is 0.0506. The lowest BCUT2D eigenvalue weighted by molar-refractivity contribution is 0.150. The number of fused-ring (bicyclic) bond motifs is 1. The smallest absolute Gasteiger partial charge is 0.258 e. The summed E-state index contributed by atoms with van der Waals surface area (Å²) in [6.07, 6.45) is 11.4. The van der Waals surface area contributed by atoms with Crippen molar-refractivity contribution in [2.24, 2.45) is 5.92 Å². The summed E-state index contributed by atoms with van der Waals surface area (Å²) in [5, 5.41) is 1.92. The van der Waals surface area contributed by atoms with Gasteiger partial charge in [0.05, 0.1) is 5.69 Å². The average Bonchev–Trinajstić information content (AvgIpc) is 3.17. The molecule has 118 valence electrons. The van der Waals surface area contributed by atoms with Gasteiger partial charge in [-0.05, 0) is 38.1 Å². The van der Waals surface area contributed by atoms with Crippen molar-refractivity contribution in [2.75, 3.05) is 6.54 Å². The zero-order valence-electron chi connectivity index (χ0n) is 12.9. The molecule has 2 fully saturated rings. The predicted molar refractivity (Wildman–Crippen MR) is 89.3 cm³/mol. The van der Waals surface area contributed by atoms with Crippen LogP contribution in [0.5, 0.6) is 0 Å². The highest BCUT2D eigenvalue weighted by Crippen LogP contribution is 2.34. The van der Waals surface area contributed by atoms with Crippen LogP contribution in [0.2, 0.25) is 0 Å². The van der Waals surface area contributed by atoms with Gasteiger partial charge in [-0.2, -0.15) is 0 Å². The first kappa shape index (κ1) is 14.4. The minimum Gasteiger partial charge on any atom is -0.294 e. The predicted octanol–water partition coefficient (Wildman–Crippen LogP) is 3.30. The van der Waals surface area contributed by atoms with E-state index >= 15 is 0 Å². The van der Waals surface area contributed by atoms with E-state index in [1.807, 2.05) is 5.38 Å². The van der Waals surface area contributed by atoms with Gasteiger partial charge >= 0.3 is 0 Å². The molecular formula is C17H23N3OS. The number of likely N-dealkylation sites (tertiary alicyclic amines) is 1. The summed E-state index contributed by atoms with van der Waals surface area (Å²) in [4.78, 5) is 20.2. The van der Waals surface area contributed by atoms with E-state index in [0.29, 0.717) is 6.04 Å². The fraction of sp³-hybridized carbons (Fsp3) is 0.647. The van der Waals surface area contributed by atoms with Gasteiger partial charge in [0.1, 0.15) is 0 Å². The second-order valence-corrected chi connectivity index (χ2v) is 7.59. The molecule has 1 saturated heterocycles. The summed E-state index contributed by atoms with van der Waals surface area (Å²) < 4.78 is 1.64. The summed E-state index contributed by atoms with van der Waals surface area (Å²) in [6, 6.07) is 2.43. The molecule has 2 aromatic heterocycles. The summed E-state index contributed by atoms with van der Waals surface area (Å²) in [5.74, 6) is 0.864. The lowest BCUT2D eigenvalue weighted by Crippen LogP contribution is -2.36. The second kappa shape index (κ2) is 6.13. The highest BCUT2D eigenvalue weighted by molar-refractivity contribution is 7.15. The lowest BCUT2D eigenvalue weighted by atomic mass is 9.83. The molecule has 1 aliphatic carbocycles. The molecule has 4 rings (SSSR count). The van der Waals surface area contributed by atoms with Crippen LogP contribution in [-0.2, 0) is 6.54 Å². The van der Waals surface area contributed by atoms with Crippen LogP contribution in [0.4, 0.5) is 0 Å². The fourth-order valence-electron chi connectivity index (χ4n) is 4.28. The molecule has 5 heteroatoms. The molecule has 0 spiro atoms. The molecule has 1 aliphatic heterocycles. The molecule has 0 radical (unpaired) electrons. The Morgan fingerprint density at radius 2 is 2.05 bits per heavy atom. The first-order valence-electron chi connectivity index (χ1n) is 8.51. The highest BCUT2D eigenvalue weighted by Gasteiger charge is 2.32. The molecular weight excluding hydrogens is 294 g/mol. The first-order valence-corrected chi connectivity index (χ1v) is 9.39. The standard InChI is InChI=1S/C17H23N3OS/c21-16-11-14(18-17-20(16)9-10-22-17)12-19-8-4-7-15(19)13-5-2-1-3-6-13/h9-11,13,15H,1-8,12H2. The van der Waals surface area contributed by atoms with Crippen molar-refractivity contribution in [1.82, 2.24) is 14.3 Å². The Morgan fingerprint density at radius 3 is 2.91 bits per heavy atom. The van der Waals surface area contributed by atoms with Gasteiger partial charge in [0, 0.05) is 30.2 Å². The van der Waals surface area contributed by atoms with E-state index in [1.165, 1.54) is 56.3 Å². The maximum Gasteiger partial charge on any atom is 0.258 e. The van der Waals surface area contributed by atoms with Gasteiger partial charge in [-0.15, -0.1) is 11.3 Å². The Hall–Kier alpha value is -1.20. The SMILES string of the molecule is O=c1cc(CN2CCCC2C2CCCCC2)nc2sccn12. The van der Waals surface area contributed by atoms with Crippen LogP contribution in [-0.4, -0.2) is 26.9 Å². The number of aromatic nitrogens is 2. The third-order valence-corrected chi connectivity index (χ3v) is 6.09. The van der Waals surface area contributed by atoms with Crippen molar-refractivity contribution >= 4 is 16.3 Å². The van der Waals surface area contributed by atoms with E-state index in [2.05, 4.69) is 9.88 Å². The molecule has 0 bridgehead atoms. The van der Waals surface area contributed by atoms with Crippen LogP contribution in [0.25, 0.3) is 4.96 Å². The Bertz CT molecular complexity index is 701. The molecule has 1 saturated carbocycles.